The van der Waals surface area contributed by atoms with Gasteiger partial charge < -0.3 is 14.5 Å². The number of benzene rings is 2. The molecule has 0 N–H and O–H groups in total. The highest BCUT2D eigenvalue weighted by atomic mass is 16.5. The Hall–Kier alpha value is -2.66. The maximum absolute atomic E-state index is 5.48. The third-order valence-electron chi connectivity index (χ3n) is 5.97. The van der Waals surface area contributed by atoms with Crippen LogP contribution in [0.1, 0.15) is 24.3 Å². The van der Waals surface area contributed by atoms with Gasteiger partial charge in [-0.15, -0.1) is 0 Å². The maximum atomic E-state index is 5.48. The predicted molar refractivity (Wildman–Crippen MR) is 113 cm³/mol. The van der Waals surface area contributed by atoms with Crippen LogP contribution in [0.15, 0.2) is 54.9 Å². The number of rotatable bonds is 3. The lowest BCUT2D eigenvalue weighted by molar-refractivity contribution is 0.122. The van der Waals surface area contributed by atoms with E-state index in [1.165, 1.54) is 24.1 Å². The van der Waals surface area contributed by atoms with Crippen LogP contribution in [-0.4, -0.2) is 49.4 Å². The summed E-state index contributed by atoms with van der Waals surface area (Å²) in [5, 5.41) is 1.15. The number of aromatic nitrogens is 2. The van der Waals surface area contributed by atoms with Crippen molar-refractivity contribution in [3.8, 4) is 0 Å². The van der Waals surface area contributed by atoms with Crippen molar-refractivity contribution in [3.63, 3.8) is 0 Å². The fourth-order valence-corrected chi connectivity index (χ4v) is 4.47. The van der Waals surface area contributed by atoms with Gasteiger partial charge in [0.2, 0.25) is 0 Å². The van der Waals surface area contributed by atoms with Gasteiger partial charge in [-0.25, -0.2) is 9.97 Å². The van der Waals surface area contributed by atoms with Crippen LogP contribution < -0.4 is 9.80 Å². The van der Waals surface area contributed by atoms with Crippen LogP contribution in [0.5, 0.6) is 0 Å². The van der Waals surface area contributed by atoms with Crippen molar-refractivity contribution in [2.75, 3.05) is 49.2 Å². The number of piperidine rings is 1. The minimum Gasteiger partial charge on any atom is -0.378 e. The Morgan fingerprint density at radius 3 is 2.61 bits per heavy atom. The highest BCUT2D eigenvalue weighted by Crippen LogP contribution is 2.33. The van der Waals surface area contributed by atoms with Crippen LogP contribution in [0.2, 0.25) is 0 Å². The Morgan fingerprint density at radius 1 is 0.893 bits per heavy atom. The Morgan fingerprint density at radius 2 is 1.75 bits per heavy atom. The molecule has 0 amide bonds. The van der Waals surface area contributed by atoms with Crippen molar-refractivity contribution >= 4 is 22.4 Å². The fourth-order valence-electron chi connectivity index (χ4n) is 4.47. The summed E-state index contributed by atoms with van der Waals surface area (Å²) in [6.07, 6.45) is 4.15. The molecule has 0 bridgehead atoms. The molecule has 1 atom stereocenters. The lowest BCUT2D eigenvalue weighted by atomic mass is 9.90. The predicted octanol–water partition coefficient (Wildman–Crippen LogP) is 3.85. The highest BCUT2D eigenvalue weighted by Gasteiger charge is 2.24. The number of ether oxygens (including phenoxy) is 1. The number of hydrogen-bond donors (Lipinski definition) is 0. The molecule has 144 valence electrons. The zero-order chi connectivity index (χ0) is 18.8. The first kappa shape index (κ1) is 17.4. The van der Waals surface area contributed by atoms with Gasteiger partial charge in [0.15, 0.2) is 0 Å². The number of anilines is 2. The molecule has 3 heterocycles. The van der Waals surface area contributed by atoms with Gasteiger partial charge in [0, 0.05) is 43.2 Å². The van der Waals surface area contributed by atoms with E-state index in [1.54, 1.807) is 6.33 Å². The molecule has 0 spiro atoms. The zero-order valence-corrected chi connectivity index (χ0v) is 16.1. The largest absolute Gasteiger partial charge is 0.378 e. The van der Waals surface area contributed by atoms with Crippen LogP contribution in [-0.2, 0) is 4.74 Å². The summed E-state index contributed by atoms with van der Waals surface area (Å²) in [7, 11) is 0. The van der Waals surface area contributed by atoms with E-state index in [-0.39, 0.29) is 0 Å². The van der Waals surface area contributed by atoms with Gasteiger partial charge in [0.05, 0.1) is 18.7 Å². The molecule has 28 heavy (non-hydrogen) atoms. The summed E-state index contributed by atoms with van der Waals surface area (Å²) >= 11 is 0. The van der Waals surface area contributed by atoms with Crippen molar-refractivity contribution < 1.29 is 4.74 Å². The summed E-state index contributed by atoms with van der Waals surface area (Å²) in [5.74, 6) is 1.63. The second kappa shape index (κ2) is 7.76. The first-order valence-corrected chi connectivity index (χ1v) is 10.3. The van der Waals surface area contributed by atoms with Crippen molar-refractivity contribution in [2.45, 2.75) is 18.8 Å². The monoisotopic (exact) mass is 374 g/mol. The molecule has 2 fully saturated rings. The second-order valence-electron chi connectivity index (χ2n) is 7.69. The third kappa shape index (κ3) is 3.42. The maximum Gasteiger partial charge on any atom is 0.139 e. The van der Waals surface area contributed by atoms with E-state index in [9.17, 15) is 0 Å². The van der Waals surface area contributed by atoms with Crippen LogP contribution in [0.4, 0.5) is 11.5 Å². The standard InChI is InChI=1S/C23H26N4O/c1-2-5-18(6-3-1)19-7-4-10-27(16-19)23-21-9-8-20(15-22(21)24-17-25-23)26-11-13-28-14-12-26/h1-3,5-6,8-9,15,17,19H,4,7,10-14,16H2/t19-/m0/s1. The Bertz CT molecular complexity index is 940. The van der Waals surface area contributed by atoms with Crippen LogP contribution in [0, 0.1) is 0 Å². The van der Waals surface area contributed by atoms with E-state index in [0.29, 0.717) is 5.92 Å². The van der Waals surface area contributed by atoms with Gasteiger partial charge in [-0.2, -0.15) is 0 Å². The van der Waals surface area contributed by atoms with Gasteiger partial charge in [0.25, 0.3) is 0 Å². The molecule has 0 radical (unpaired) electrons. The molecule has 1 aromatic heterocycles. The topological polar surface area (TPSA) is 41.5 Å². The summed E-state index contributed by atoms with van der Waals surface area (Å²) in [6.45, 7) is 5.54. The van der Waals surface area contributed by atoms with E-state index >= 15 is 0 Å². The summed E-state index contributed by atoms with van der Waals surface area (Å²) in [4.78, 5) is 14.1. The molecule has 2 aliphatic rings. The van der Waals surface area contributed by atoms with E-state index in [2.05, 4.69) is 68.3 Å². The number of fused-ring (bicyclic) bond motifs is 1. The first-order chi connectivity index (χ1) is 13.9. The quantitative estimate of drug-likeness (QED) is 0.697. The van der Waals surface area contributed by atoms with E-state index in [0.717, 1.165) is 56.1 Å². The lowest BCUT2D eigenvalue weighted by Crippen LogP contribution is -2.36. The number of morpholine rings is 1. The lowest BCUT2D eigenvalue weighted by Gasteiger charge is -2.34. The molecular weight excluding hydrogens is 348 g/mol. The Balaban J connectivity index is 1.43. The molecule has 5 rings (SSSR count). The molecule has 0 saturated carbocycles. The minimum absolute atomic E-state index is 0.563. The van der Waals surface area contributed by atoms with Gasteiger partial charge in [-0.1, -0.05) is 30.3 Å². The molecular formula is C23H26N4O. The van der Waals surface area contributed by atoms with Gasteiger partial charge >= 0.3 is 0 Å². The van der Waals surface area contributed by atoms with Gasteiger partial charge in [-0.05, 0) is 36.6 Å². The van der Waals surface area contributed by atoms with Crippen molar-refractivity contribution in [1.29, 1.82) is 0 Å². The minimum atomic E-state index is 0.563. The summed E-state index contributed by atoms with van der Waals surface area (Å²) < 4.78 is 5.48. The van der Waals surface area contributed by atoms with Crippen molar-refractivity contribution in [1.82, 2.24) is 9.97 Å². The van der Waals surface area contributed by atoms with Crippen LogP contribution in [0.25, 0.3) is 10.9 Å². The van der Waals surface area contributed by atoms with Gasteiger partial charge in [-0.3, -0.25) is 0 Å². The smallest absolute Gasteiger partial charge is 0.139 e. The van der Waals surface area contributed by atoms with Crippen LogP contribution in [0.3, 0.4) is 0 Å². The van der Waals surface area contributed by atoms with Crippen molar-refractivity contribution in [3.05, 3.63) is 60.4 Å². The average Bonchev–Trinajstić information content (AvgIpc) is 2.79. The Kier molecular flexibility index (Phi) is 4.83. The number of nitrogens with zero attached hydrogens (tertiary/aromatic N) is 4. The zero-order valence-electron chi connectivity index (χ0n) is 16.1. The van der Waals surface area contributed by atoms with E-state index in [1.807, 2.05) is 0 Å². The molecule has 2 saturated heterocycles. The molecule has 3 aromatic rings. The SMILES string of the molecule is c1ccc([C@H]2CCCN(c3ncnc4cc(N5CCOCC5)ccc34)C2)cc1. The molecule has 2 aromatic carbocycles. The normalized spacial score (nSPS) is 20.5. The average molecular weight is 374 g/mol. The Labute approximate surface area is 166 Å². The molecule has 0 aliphatic carbocycles. The summed E-state index contributed by atoms with van der Waals surface area (Å²) in [6, 6.07) is 17.5. The van der Waals surface area contributed by atoms with Gasteiger partial charge in [0.1, 0.15) is 12.1 Å². The summed E-state index contributed by atoms with van der Waals surface area (Å²) in [5.41, 5.74) is 3.68. The van der Waals surface area contributed by atoms with E-state index < -0.39 is 0 Å². The molecule has 0 unspecified atom stereocenters. The molecule has 5 heteroatoms. The third-order valence-corrected chi connectivity index (χ3v) is 5.97. The first-order valence-electron chi connectivity index (χ1n) is 10.3. The van der Waals surface area contributed by atoms with E-state index in [4.69, 9.17) is 4.74 Å². The highest BCUT2D eigenvalue weighted by molar-refractivity contribution is 5.91. The second-order valence-corrected chi connectivity index (χ2v) is 7.69. The fraction of sp³-hybridized carbons (Fsp3) is 0.391. The van der Waals surface area contributed by atoms with Crippen LogP contribution >= 0.6 is 0 Å². The van der Waals surface area contributed by atoms with Crippen molar-refractivity contribution in [2.24, 2.45) is 0 Å². The molecule has 5 nitrogen and oxygen atoms in total. The number of hydrogen-bond acceptors (Lipinski definition) is 5. The molecule has 2 aliphatic heterocycles.